The first-order valence-electron chi connectivity index (χ1n) is 6.32. The molecule has 0 unspecified atom stereocenters. The van der Waals surface area contributed by atoms with Gasteiger partial charge in [-0.25, -0.2) is 8.78 Å². The van der Waals surface area contributed by atoms with E-state index in [4.69, 9.17) is 9.47 Å². The van der Waals surface area contributed by atoms with E-state index in [-0.39, 0.29) is 24.3 Å². The molecule has 0 bridgehead atoms. The molecule has 0 aliphatic carbocycles. The minimum absolute atomic E-state index is 0.0823. The first kappa shape index (κ1) is 15.0. The molecule has 0 aliphatic rings. The highest BCUT2D eigenvalue weighted by Crippen LogP contribution is 2.24. The largest absolute Gasteiger partial charge is 0.496 e. The molecule has 2 rings (SSSR count). The lowest BCUT2D eigenvalue weighted by molar-refractivity contribution is -0.144. The lowest BCUT2D eigenvalue weighted by atomic mass is 10.1. The molecule has 0 N–H and O–H groups in total. The van der Waals surface area contributed by atoms with Crippen molar-refractivity contribution in [2.75, 3.05) is 7.11 Å². The van der Waals surface area contributed by atoms with Crippen molar-refractivity contribution in [3.8, 4) is 5.75 Å². The minimum Gasteiger partial charge on any atom is -0.496 e. The monoisotopic (exact) mass is 292 g/mol. The molecule has 2 aromatic rings. The van der Waals surface area contributed by atoms with Crippen LogP contribution in [0.5, 0.6) is 5.75 Å². The Morgan fingerprint density at radius 1 is 1.10 bits per heavy atom. The summed E-state index contributed by atoms with van der Waals surface area (Å²) in [6, 6.07) is 11.3. The Balaban J connectivity index is 2.04. The van der Waals surface area contributed by atoms with E-state index in [2.05, 4.69) is 0 Å². The molecule has 110 valence electrons. The summed E-state index contributed by atoms with van der Waals surface area (Å²) in [6.45, 7) is 0.0823. The third kappa shape index (κ3) is 3.78. The molecule has 0 heterocycles. The smallest absolute Gasteiger partial charge is 0.310 e. The van der Waals surface area contributed by atoms with Gasteiger partial charge in [0.25, 0.3) is 0 Å². The van der Waals surface area contributed by atoms with Crippen molar-refractivity contribution in [1.82, 2.24) is 0 Å². The zero-order chi connectivity index (χ0) is 15.2. The molecule has 0 spiro atoms. The maximum Gasteiger partial charge on any atom is 0.310 e. The molecule has 0 saturated heterocycles. The Kier molecular flexibility index (Phi) is 4.87. The Bertz CT molecular complexity index is 627. The van der Waals surface area contributed by atoms with E-state index in [0.717, 1.165) is 11.6 Å². The van der Waals surface area contributed by atoms with Crippen molar-refractivity contribution in [1.29, 1.82) is 0 Å². The lowest BCUT2D eigenvalue weighted by Gasteiger charge is -2.10. The predicted molar refractivity (Wildman–Crippen MR) is 72.9 cm³/mol. The van der Waals surface area contributed by atoms with Gasteiger partial charge < -0.3 is 9.47 Å². The zero-order valence-electron chi connectivity index (χ0n) is 11.4. The summed E-state index contributed by atoms with van der Waals surface area (Å²) in [5.74, 6) is -2.65. The van der Waals surface area contributed by atoms with Crippen LogP contribution in [0.2, 0.25) is 0 Å². The van der Waals surface area contributed by atoms with Crippen molar-refractivity contribution in [3.05, 3.63) is 65.2 Å². The van der Waals surface area contributed by atoms with E-state index in [1.165, 1.54) is 13.2 Å². The molecule has 0 atom stereocenters. The van der Waals surface area contributed by atoms with Crippen molar-refractivity contribution in [3.63, 3.8) is 0 Å². The highest BCUT2D eigenvalue weighted by atomic mass is 19.2. The summed E-state index contributed by atoms with van der Waals surface area (Å²) < 4.78 is 36.9. The van der Waals surface area contributed by atoms with E-state index < -0.39 is 17.6 Å². The van der Waals surface area contributed by atoms with Gasteiger partial charge in [0.2, 0.25) is 0 Å². The van der Waals surface area contributed by atoms with Crippen LogP contribution in [-0.2, 0) is 22.6 Å². The first-order valence-corrected chi connectivity index (χ1v) is 6.32. The Labute approximate surface area is 121 Å². The number of carbonyl (C=O) groups excluding carboxylic acids is 1. The fourth-order valence-electron chi connectivity index (χ4n) is 1.86. The summed E-state index contributed by atoms with van der Waals surface area (Å²) >= 11 is 0. The zero-order valence-corrected chi connectivity index (χ0v) is 11.4. The van der Waals surface area contributed by atoms with Crippen LogP contribution in [0.4, 0.5) is 8.78 Å². The van der Waals surface area contributed by atoms with E-state index in [0.29, 0.717) is 0 Å². The van der Waals surface area contributed by atoms with Gasteiger partial charge in [-0.3, -0.25) is 4.79 Å². The molecule has 2 aromatic carbocycles. The number of hydrogen-bond acceptors (Lipinski definition) is 3. The van der Waals surface area contributed by atoms with Crippen molar-refractivity contribution >= 4 is 5.97 Å². The van der Waals surface area contributed by atoms with Gasteiger partial charge in [-0.2, -0.15) is 0 Å². The average molecular weight is 292 g/mol. The van der Waals surface area contributed by atoms with Gasteiger partial charge in [-0.1, -0.05) is 30.3 Å². The third-order valence-corrected chi connectivity index (χ3v) is 2.94. The molecule has 0 fully saturated rings. The molecule has 0 aliphatic heterocycles. The lowest BCUT2D eigenvalue weighted by Crippen LogP contribution is -2.11. The number of rotatable bonds is 5. The van der Waals surface area contributed by atoms with Gasteiger partial charge in [0, 0.05) is 5.56 Å². The Morgan fingerprint density at radius 2 is 1.81 bits per heavy atom. The summed E-state index contributed by atoms with van der Waals surface area (Å²) in [5.41, 5.74) is 0.674. The van der Waals surface area contributed by atoms with Crippen LogP contribution in [0, 0.1) is 11.6 Å². The van der Waals surface area contributed by atoms with E-state index in [9.17, 15) is 13.6 Å². The van der Waals surface area contributed by atoms with E-state index in [1.54, 1.807) is 12.1 Å². The number of ether oxygens (including phenoxy) is 2. The average Bonchev–Trinajstić information content (AvgIpc) is 2.51. The molecular formula is C16H14F2O3. The van der Waals surface area contributed by atoms with Gasteiger partial charge in [-0.15, -0.1) is 0 Å². The molecule has 5 heteroatoms. The minimum atomic E-state index is -1.09. The number of benzene rings is 2. The van der Waals surface area contributed by atoms with Crippen LogP contribution in [0.3, 0.4) is 0 Å². The molecule has 0 radical (unpaired) electrons. The fraction of sp³-hybridized carbons (Fsp3) is 0.188. The maximum atomic E-state index is 13.7. The molecule has 3 nitrogen and oxygen atoms in total. The summed E-state index contributed by atoms with van der Waals surface area (Å²) in [7, 11) is 1.32. The van der Waals surface area contributed by atoms with Crippen LogP contribution in [-0.4, -0.2) is 13.1 Å². The Hall–Kier alpha value is -2.43. The second-order valence-electron chi connectivity index (χ2n) is 4.37. The number of carbonyl (C=O) groups is 1. The van der Waals surface area contributed by atoms with Gasteiger partial charge in [-0.05, 0) is 17.7 Å². The van der Waals surface area contributed by atoms with Crippen LogP contribution >= 0.6 is 0 Å². The molecular weight excluding hydrogens is 278 g/mol. The third-order valence-electron chi connectivity index (χ3n) is 2.94. The molecule has 0 aromatic heterocycles. The maximum absolute atomic E-state index is 13.7. The predicted octanol–water partition coefficient (Wildman–Crippen LogP) is 3.26. The second-order valence-corrected chi connectivity index (χ2v) is 4.37. The van der Waals surface area contributed by atoms with Crippen molar-refractivity contribution in [2.45, 2.75) is 13.0 Å². The van der Waals surface area contributed by atoms with Crippen molar-refractivity contribution in [2.24, 2.45) is 0 Å². The topological polar surface area (TPSA) is 35.5 Å². The van der Waals surface area contributed by atoms with Crippen LogP contribution < -0.4 is 4.74 Å². The molecule has 21 heavy (non-hydrogen) atoms. The van der Waals surface area contributed by atoms with Crippen LogP contribution in [0.25, 0.3) is 0 Å². The normalized spacial score (nSPS) is 10.2. The quantitative estimate of drug-likeness (QED) is 0.794. The fourth-order valence-corrected chi connectivity index (χ4v) is 1.86. The number of esters is 1. The van der Waals surface area contributed by atoms with Gasteiger partial charge in [0.1, 0.15) is 12.4 Å². The standard InChI is InChI=1S/C16H14F2O3/c1-20-14-8-7-13(17)16(18)12(14)9-15(19)21-10-11-5-3-2-4-6-11/h2-8H,9-10H2,1H3. The van der Waals surface area contributed by atoms with Gasteiger partial charge in [0.05, 0.1) is 13.5 Å². The molecule has 0 amide bonds. The number of halogens is 2. The van der Waals surface area contributed by atoms with E-state index in [1.807, 2.05) is 18.2 Å². The highest BCUT2D eigenvalue weighted by molar-refractivity contribution is 5.73. The summed E-state index contributed by atoms with van der Waals surface area (Å²) in [5, 5.41) is 0. The van der Waals surface area contributed by atoms with Gasteiger partial charge >= 0.3 is 5.97 Å². The first-order chi connectivity index (χ1) is 10.1. The highest BCUT2D eigenvalue weighted by Gasteiger charge is 2.18. The summed E-state index contributed by atoms with van der Waals surface area (Å²) in [6.07, 6.45) is -0.389. The van der Waals surface area contributed by atoms with Crippen molar-refractivity contribution < 1.29 is 23.0 Å². The Morgan fingerprint density at radius 3 is 2.48 bits per heavy atom. The summed E-state index contributed by atoms with van der Waals surface area (Å²) in [4.78, 5) is 11.8. The number of hydrogen-bond donors (Lipinski definition) is 0. The van der Waals surface area contributed by atoms with Crippen LogP contribution in [0.15, 0.2) is 42.5 Å². The number of methoxy groups -OCH3 is 1. The van der Waals surface area contributed by atoms with Crippen LogP contribution in [0.1, 0.15) is 11.1 Å². The van der Waals surface area contributed by atoms with Gasteiger partial charge in [0.15, 0.2) is 11.6 Å². The molecule has 0 saturated carbocycles. The van der Waals surface area contributed by atoms with E-state index >= 15 is 0 Å². The SMILES string of the molecule is COc1ccc(F)c(F)c1CC(=O)OCc1ccccc1. The second kappa shape index (κ2) is 6.83.